The lowest BCUT2D eigenvalue weighted by molar-refractivity contribution is 0.0528. The Balaban J connectivity index is 1.73. The van der Waals surface area contributed by atoms with E-state index in [-0.39, 0.29) is 18.5 Å². The average molecular weight is 389 g/mol. The first-order valence-corrected chi connectivity index (χ1v) is 9.19. The molecule has 0 aliphatic carbocycles. The lowest BCUT2D eigenvalue weighted by Crippen LogP contribution is -2.24. The number of hydrogen-bond acceptors (Lipinski definition) is 5. The molecule has 0 bridgehead atoms. The van der Waals surface area contributed by atoms with Gasteiger partial charge in [0.05, 0.1) is 18.8 Å². The Morgan fingerprint density at radius 3 is 3.07 bits per heavy atom. The molecule has 0 spiro atoms. The number of esters is 1. The standard InChI is InChI=1S/C19H18ClFN4O2/c1-2-27-19(26)14-11-22-25-9-7-17(23-18(14)25)24-8-3-4-16(24)13-10-12(20)5-6-15(13)21/h5-7,9-11,16H,2-4,8H2,1H3/t16-/m1/s1. The molecule has 1 aliphatic heterocycles. The van der Waals surface area contributed by atoms with Crippen LogP contribution in [0.15, 0.2) is 36.7 Å². The molecular formula is C19H18ClFN4O2. The molecule has 0 radical (unpaired) electrons. The molecule has 8 heteroatoms. The minimum atomic E-state index is -0.462. The Morgan fingerprint density at radius 1 is 1.41 bits per heavy atom. The first kappa shape index (κ1) is 17.7. The highest BCUT2D eigenvalue weighted by molar-refractivity contribution is 6.30. The van der Waals surface area contributed by atoms with Crippen LogP contribution < -0.4 is 4.90 Å². The van der Waals surface area contributed by atoms with Crippen LogP contribution in [0.2, 0.25) is 5.02 Å². The maximum atomic E-state index is 14.4. The summed E-state index contributed by atoms with van der Waals surface area (Å²) in [6, 6.07) is 6.26. The second-order valence-electron chi connectivity index (χ2n) is 6.35. The van der Waals surface area contributed by atoms with Crippen molar-refractivity contribution in [2.24, 2.45) is 0 Å². The van der Waals surface area contributed by atoms with E-state index in [1.807, 2.05) is 11.0 Å². The number of ether oxygens (including phenoxy) is 1. The number of halogens is 2. The van der Waals surface area contributed by atoms with Crippen LogP contribution in [0, 0.1) is 5.82 Å². The van der Waals surface area contributed by atoms with Gasteiger partial charge in [-0.15, -0.1) is 0 Å². The summed E-state index contributed by atoms with van der Waals surface area (Å²) < 4.78 is 21.0. The zero-order valence-electron chi connectivity index (χ0n) is 14.7. The van der Waals surface area contributed by atoms with Crippen molar-refractivity contribution in [2.45, 2.75) is 25.8 Å². The largest absolute Gasteiger partial charge is 0.462 e. The predicted octanol–water partition coefficient (Wildman–Crippen LogP) is 4.04. The summed E-state index contributed by atoms with van der Waals surface area (Å²) in [7, 11) is 0. The molecule has 3 heterocycles. The van der Waals surface area contributed by atoms with Crippen molar-refractivity contribution in [1.82, 2.24) is 14.6 Å². The smallest absolute Gasteiger partial charge is 0.343 e. The van der Waals surface area contributed by atoms with Gasteiger partial charge in [0.15, 0.2) is 5.65 Å². The van der Waals surface area contributed by atoms with Crippen molar-refractivity contribution < 1.29 is 13.9 Å². The summed E-state index contributed by atoms with van der Waals surface area (Å²) in [5, 5.41) is 4.65. The fourth-order valence-corrected chi connectivity index (χ4v) is 3.69. The van der Waals surface area contributed by atoms with Crippen LogP contribution in [0.3, 0.4) is 0 Å². The highest BCUT2D eigenvalue weighted by atomic mass is 35.5. The average Bonchev–Trinajstić information content (AvgIpc) is 3.30. The van der Waals surface area contributed by atoms with Gasteiger partial charge in [0.25, 0.3) is 0 Å². The van der Waals surface area contributed by atoms with E-state index in [0.717, 1.165) is 19.4 Å². The normalized spacial score (nSPS) is 16.9. The minimum Gasteiger partial charge on any atom is -0.462 e. The highest BCUT2D eigenvalue weighted by Crippen LogP contribution is 2.37. The molecule has 1 aliphatic rings. The molecule has 6 nitrogen and oxygen atoms in total. The van der Waals surface area contributed by atoms with Crippen molar-refractivity contribution in [2.75, 3.05) is 18.1 Å². The molecule has 1 fully saturated rings. The Morgan fingerprint density at radius 2 is 2.26 bits per heavy atom. The summed E-state index contributed by atoms with van der Waals surface area (Å²) in [6.45, 7) is 2.76. The number of aromatic nitrogens is 3. The molecule has 0 unspecified atom stereocenters. The second kappa shape index (κ2) is 7.15. The molecule has 140 valence electrons. The van der Waals surface area contributed by atoms with Gasteiger partial charge in [-0.25, -0.2) is 18.7 Å². The fraction of sp³-hybridized carbons (Fsp3) is 0.316. The van der Waals surface area contributed by atoms with E-state index in [9.17, 15) is 9.18 Å². The SMILES string of the molecule is CCOC(=O)c1cnn2ccc(N3CCC[C@@H]3c3cc(Cl)ccc3F)nc12. The maximum Gasteiger partial charge on any atom is 0.343 e. The van der Waals surface area contributed by atoms with E-state index in [4.69, 9.17) is 16.3 Å². The van der Waals surface area contributed by atoms with E-state index < -0.39 is 5.97 Å². The van der Waals surface area contributed by atoms with E-state index in [0.29, 0.717) is 27.6 Å². The van der Waals surface area contributed by atoms with Gasteiger partial charge < -0.3 is 9.64 Å². The summed E-state index contributed by atoms with van der Waals surface area (Å²) in [5.41, 5.74) is 1.28. The Kier molecular flexibility index (Phi) is 4.70. The molecule has 1 aromatic carbocycles. The van der Waals surface area contributed by atoms with Crippen LogP contribution in [0.5, 0.6) is 0 Å². The number of rotatable bonds is 4. The van der Waals surface area contributed by atoms with Gasteiger partial charge in [-0.2, -0.15) is 5.10 Å². The van der Waals surface area contributed by atoms with Gasteiger partial charge in [0.1, 0.15) is 17.2 Å². The number of anilines is 1. The topological polar surface area (TPSA) is 59.7 Å². The number of hydrogen-bond donors (Lipinski definition) is 0. The van der Waals surface area contributed by atoms with Gasteiger partial charge in [0.2, 0.25) is 0 Å². The summed E-state index contributed by atoms with van der Waals surface area (Å²) in [4.78, 5) is 18.8. The third kappa shape index (κ3) is 3.23. The van der Waals surface area contributed by atoms with Crippen molar-refractivity contribution >= 4 is 29.0 Å². The van der Waals surface area contributed by atoms with Crippen LogP contribution in [0.1, 0.15) is 41.7 Å². The molecule has 2 aromatic heterocycles. The molecule has 0 saturated carbocycles. The number of nitrogens with zero attached hydrogens (tertiary/aromatic N) is 4. The van der Waals surface area contributed by atoms with E-state index >= 15 is 0 Å². The first-order valence-electron chi connectivity index (χ1n) is 8.81. The number of carbonyl (C=O) groups excluding carboxylic acids is 1. The monoisotopic (exact) mass is 388 g/mol. The predicted molar refractivity (Wildman–Crippen MR) is 99.7 cm³/mol. The third-order valence-corrected chi connectivity index (χ3v) is 4.95. The number of benzene rings is 1. The lowest BCUT2D eigenvalue weighted by atomic mass is 10.0. The first-order chi connectivity index (χ1) is 13.1. The maximum absolute atomic E-state index is 14.4. The van der Waals surface area contributed by atoms with Crippen LogP contribution >= 0.6 is 11.6 Å². The summed E-state index contributed by atoms with van der Waals surface area (Å²) >= 11 is 6.07. The second-order valence-corrected chi connectivity index (χ2v) is 6.79. The van der Waals surface area contributed by atoms with E-state index in [1.54, 1.807) is 25.3 Å². The van der Waals surface area contributed by atoms with Crippen molar-refractivity contribution in [1.29, 1.82) is 0 Å². The molecule has 1 saturated heterocycles. The van der Waals surface area contributed by atoms with Crippen molar-refractivity contribution in [3.05, 3.63) is 58.6 Å². The molecule has 4 rings (SSSR count). The third-order valence-electron chi connectivity index (χ3n) is 4.71. The molecule has 27 heavy (non-hydrogen) atoms. The van der Waals surface area contributed by atoms with Gasteiger partial charge >= 0.3 is 5.97 Å². The Labute approximate surface area is 160 Å². The van der Waals surface area contributed by atoms with Crippen molar-refractivity contribution in [3.63, 3.8) is 0 Å². The van der Waals surface area contributed by atoms with Gasteiger partial charge in [0, 0.05) is 23.3 Å². The van der Waals surface area contributed by atoms with Crippen LogP contribution in [0.25, 0.3) is 5.65 Å². The molecule has 3 aromatic rings. The molecule has 0 amide bonds. The van der Waals surface area contributed by atoms with Gasteiger partial charge in [-0.1, -0.05) is 11.6 Å². The number of carbonyl (C=O) groups is 1. The molecule has 1 atom stereocenters. The van der Waals surface area contributed by atoms with Gasteiger partial charge in [-0.05, 0) is 44.0 Å². The zero-order valence-corrected chi connectivity index (χ0v) is 15.5. The Hall–Kier alpha value is -2.67. The lowest BCUT2D eigenvalue weighted by Gasteiger charge is -2.26. The number of fused-ring (bicyclic) bond motifs is 1. The van der Waals surface area contributed by atoms with Gasteiger partial charge in [-0.3, -0.25) is 0 Å². The zero-order chi connectivity index (χ0) is 19.0. The fourth-order valence-electron chi connectivity index (χ4n) is 3.51. The van der Waals surface area contributed by atoms with Crippen molar-refractivity contribution in [3.8, 4) is 0 Å². The molecular weight excluding hydrogens is 371 g/mol. The van der Waals surface area contributed by atoms with E-state index in [2.05, 4.69) is 10.1 Å². The van der Waals surface area contributed by atoms with Crippen LogP contribution in [-0.2, 0) is 4.74 Å². The van der Waals surface area contributed by atoms with Crippen LogP contribution in [-0.4, -0.2) is 33.7 Å². The summed E-state index contributed by atoms with van der Waals surface area (Å²) in [5.74, 6) is -0.0830. The summed E-state index contributed by atoms with van der Waals surface area (Å²) in [6.07, 6.45) is 4.90. The van der Waals surface area contributed by atoms with E-state index in [1.165, 1.54) is 16.8 Å². The van der Waals surface area contributed by atoms with Crippen LogP contribution in [0.4, 0.5) is 10.2 Å². The molecule has 0 N–H and O–H groups in total. The minimum absolute atomic E-state index is 0.160. The Bertz CT molecular complexity index is 1010. The highest BCUT2D eigenvalue weighted by Gasteiger charge is 2.30. The quantitative estimate of drug-likeness (QED) is 0.631.